The summed E-state index contributed by atoms with van der Waals surface area (Å²) in [5.74, 6) is 1.54. The highest BCUT2D eigenvalue weighted by Gasteiger charge is 2.26. The van der Waals surface area contributed by atoms with Gasteiger partial charge in [-0.2, -0.15) is 0 Å². The highest BCUT2D eigenvalue weighted by molar-refractivity contribution is 6.06. The van der Waals surface area contributed by atoms with Gasteiger partial charge in [0.05, 0.1) is 22.1 Å². The van der Waals surface area contributed by atoms with Gasteiger partial charge in [0.25, 0.3) is 5.91 Å². The number of benzene rings is 2. The molecule has 1 N–H and O–H groups in total. The highest BCUT2D eigenvalue weighted by Crippen LogP contribution is 2.24. The molecule has 0 saturated carbocycles. The molecule has 2 aromatic carbocycles. The summed E-state index contributed by atoms with van der Waals surface area (Å²) in [6.07, 6.45) is 4.75. The molecule has 140 valence electrons. The van der Waals surface area contributed by atoms with Crippen LogP contribution >= 0.6 is 0 Å². The van der Waals surface area contributed by atoms with Crippen molar-refractivity contribution in [2.24, 2.45) is 5.92 Å². The lowest BCUT2D eigenvalue weighted by molar-refractivity contribution is 0.0674. The molecule has 0 aliphatic carbocycles. The number of rotatable bonds is 3. The van der Waals surface area contributed by atoms with E-state index in [9.17, 15) is 4.79 Å². The molecule has 5 heteroatoms. The smallest absolute Gasteiger partial charge is 0.254 e. The SMILES string of the molecule is O=C(c1ccnc2ccccc12)N1CCC[C@H](Cc2nc3ccccc3[nH]2)C1. The zero-order valence-electron chi connectivity index (χ0n) is 15.6. The Bertz CT molecular complexity index is 1110. The van der Waals surface area contributed by atoms with Crippen LogP contribution in [0.5, 0.6) is 0 Å². The molecule has 2 aromatic heterocycles. The average molecular weight is 370 g/mol. The number of hydrogen-bond acceptors (Lipinski definition) is 3. The number of H-pyrrole nitrogens is 1. The fourth-order valence-corrected chi connectivity index (χ4v) is 4.24. The van der Waals surface area contributed by atoms with Crippen LogP contribution in [-0.2, 0) is 6.42 Å². The van der Waals surface area contributed by atoms with E-state index in [1.54, 1.807) is 6.20 Å². The zero-order chi connectivity index (χ0) is 18.9. The molecule has 1 amide bonds. The van der Waals surface area contributed by atoms with E-state index in [4.69, 9.17) is 4.98 Å². The first-order valence-corrected chi connectivity index (χ1v) is 9.84. The van der Waals surface area contributed by atoms with E-state index in [2.05, 4.69) is 16.0 Å². The zero-order valence-corrected chi connectivity index (χ0v) is 15.6. The Hall–Kier alpha value is -3.21. The molecule has 5 rings (SSSR count). The number of fused-ring (bicyclic) bond motifs is 2. The highest BCUT2D eigenvalue weighted by atomic mass is 16.2. The van der Waals surface area contributed by atoms with Gasteiger partial charge in [-0.3, -0.25) is 9.78 Å². The van der Waals surface area contributed by atoms with Crippen LogP contribution in [0.25, 0.3) is 21.9 Å². The molecule has 0 radical (unpaired) electrons. The van der Waals surface area contributed by atoms with E-state index in [1.165, 1.54) is 0 Å². The van der Waals surface area contributed by atoms with Crippen LogP contribution in [0.1, 0.15) is 29.0 Å². The summed E-state index contributed by atoms with van der Waals surface area (Å²) in [6.45, 7) is 1.58. The lowest BCUT2D eigenvalue weighted by atomic mass is 9.93. The number of piperidine rings is 1. The number of nitrogens with one attached hydrogen (secondary N) is 1. The molecule has 0 spiro atoms. The van der Waals surface area contributed by atoms with Crippen molar-refractivity contribution in [3.05, 3.63) is 72.2 Å². The number of amides is 1. The van der Waals surface area contributed by atoms with Crippen LogP contribution in [0.3, 0.4) is 0 Å². The van der Waals surface area contributed by atoms with Crippen LogP contribution in [0, 0.1) is 5.92 Å². The second-order valence-corrected chi connectivity index (χ2v) is 7.54. The number of aromatic amines is 1. The van der Waals surface area contributed by atoms with E-state index >= 15 is 0 Å². The predicted molar refractivity (Wildman–Crippen MR) is 110 cm³/mol. The van der Waals surface area contributed by atoms with E-state index in [-0.39, 0.29) is 5.91 Å². The number of likely N-dealkylation sites (tertiary alicyclic amines) is 1. The number of carbonyl (C=O) groups excluding carboxylic acids is 1. The lowest BCUT2D eigenvalue weighted by Gasteiger charge is -2.32. The van der Waals surface area contributed by atoms with E-state index in [0.717, 1.165) is 65.7 Å². The molecule has 5 nitrogen and oxygen atoms in total. The van der Waals surface area contributed by atoms with Crippen LogP contribution in [-0.4, -0.2) is 38.8 Å². The number of hydrogen-bond donors (Lipinski definition) is 1. The third kappa shape index (κ3) is 3.13. The maximum atomic E-state index is 13.2. The van der Waals surface area contributed by atoms with Crippen LogP contribution < -0.4 is 0 Å². The molecular weight excluding hydrogens is 348 g/mol. The van der Waals surface area contributed by atoms with Gasteiger partial charge in [0.1, 0.15) is 5.82 Å². The molecule has 0 bridgehead atoms. The number of para-hydroxylation sites is 3. The maximum Gasteiger partial charge on any atom is 0.254 e. The molecule has 0 unspecified atom stereocenters. The fourth-order valence-electron chi connectivity index (χ4n) is 4.24. The molecule has 28 heavy (non-hydrogen) atoms. The van der Waals surface area contributed by atoms with Crippen LogP contribution in [0.4, 0.5) is 0 Å². The molecule has 4 aromatic rings. The number of pyridine rings is 1. The summed E-state index contributed by atoms with van der Waals surface area (Å²) in [5, 5.41) is 0.925. The minimum atomic E-state index is 0.105. The van der Waals surface area contributed by atoms with Crippen molar-refractivity contribution in [2.45, 2.75) is 19.3 Å². The molecule has 1 atom stereocenters. The summed E-state index contributed by atoms with van der Waals surface area (Å²) in [5.41, 5.74) is 3.69. The third-order valence-corrected chi connectivity index (χ3v) is 5.61. The Morgan fingerprint density at radius 1 is 1.07 bits per heavy atom. The van der Waals surface area contributed by atoms with Gasteiger partial charge in [0.2, 0.25) is 0 Å². The van der Waals surface area contributed by atoms with E-state index in [1.807, 2.05) is 53.4 Å². The Labute approximate surface area is 163 Å². The Morgan fingerprint density at radius 2 is 1.89 bits per heavy atom. The van der Waals surface area contributed by atoms with E-state index in [0.29, 0.717) is 5.92 Å². The minimum Gasteiger partial charge on any atom is -0.342 e. The van der Waals surface area contributed by atoms with Gasteiger partial charge < -0.3 is 9.88 Å². The number of nitrogens with zero attached hydrogens (tertiary/aromatic N) is 3. The van der Waals surface area contributed by atoms with Crippen molar-refractivity contribution in [3.8, 4) is 0 Å². The summed E-state index contributed by atoms with van der Waals surface area (Å²) in [4.78, 5) is 27.7. The van der Waals surface area contributed by atoms with Crippen molar-refractivity contribution in [1.29, 1.82) is 0 Å². The van der Waals surface area contributed by atoms with Gasteiger partial charge in [-0.15, -0.1) is 0 Å². The van der Waals surface area contributed by atoms with Crippen molar-refractivity contribution in [3.63, 3.8) is 0 Å². The number of imidazole rings is 1. The molecule has 3 heterocycles. The van der Waals surface area contributed by atoms with Gasteiger partial charge in [-0.05, 0) is 43.0 Å². The van der Waals surface area contributed by atoms with Crippen molar-refractivity contribution >= 4 is 27.8 Å². The van der Waals surface area contributed by atoms with Gasteiger partial charge in [-0.25, -0.2) is 4.98 Å². The first-order valence-electron chi connectivity index (χ1n) is 9.84. The van der Waals surface area contributed by atoms with Crippen molar-refractivity contribution in [2.75, 3.05) is 13.1 Å². The summed E-state index contributed by atoms with van der Waals surface area (Å²) < 4.78 is 0. The van der Waals surface area contributed by atoms with Crippen LogP contribution in [0.2, 0.25) is 0 Å². The van der Waals surface area contributed by atoms with Gasteiger partial charge in [0.15, 0.2) is 0 Å². The quantitative estimate of drug-likeness (QED) is 0.588. The van der Waals surface area contributed by atoms with Gasteiger partial charge in [0, 0.05) is 31.1 Å². The lowest BCUT2D eigenvalue weighted by Crippen LogP contribution is -2.40. The van der Waals surface area contributed by atoms with Crippen LogP contribution in [0.15, 0.2) is 60.8 Å². The first kappa shape index (κ1) is 16.9. The number of carbonyl (C=O) groups is 1. The first-order chi connectivity index (χ1) is 13.8. The van der Waals surface area contributed by atoms with Crippen molar-refractivity contribution in [1.82, 2.24) is 19.9 Å². The molecule has 1 aliphatic heterocycles. The maximum absolute atomic E-state index is 13.2. The standard InChI is InChI=1S/C23H22N4O/c28-23(18-11-12-24-19-8-2-1-7-17(18)19)27-13-5-6-16(15-27)14-22-25-20-9-3-4-10-21(20)26-22/h1-4,7-12,16H,5-6,13-15H2,(H,25,26)/t16-/m1/s1. The summed E-state index contributed by atoms with van der Waals surface area (Å²) in [6, 6.07) is 17.8. The Morgan fingerprint density at radius 3 is 2.79 bits per heavy atom. The Kier molecular flexibility index (Phi) is 4.28. The average Bonchev–Trinajstić information content (AvgIpc) is 3.15. The molecular formula is C23H22N4O. The summed E-state index contributed by atoms with van der Waals surface area (Å²) in [7, 11) is 0. The topological polar surface area (TPSA) is 61.9 Å². The molecule has 1 saturated heterocycles. The number of aromatic nitrogens is 3. The van der Waals surface area contributed by atoms with E-state index < -0.39 is 0 Å². The normalized spacial score (nSPS) is 17.3. The second kappa shape index (κ2) is 7.08. The minimum absolute atomic E-state index is 0.105. The van der Waals surface area contributed by atoms with Gasteiger partial charge >= 0.3 is 0 Å². The predicted octanol–water partition coefficient (Wildman–Crippen LogP) is 4.21. The fraction of sp³-hybridized carbons (Fsp3) is 0.261. The third-order valence-electron chi connectivity index (χ3n) is 5.61. The monoisotopic (exact) mass is 370 g/mol. The summed E-state index contributed by atoms with van der Waals surface area (Å²) >= 11 is 0. The van der Waals surface area contributed by atoms with Crippen molar-refractivity contribution < 1.29 is 4.79 Å². The van der Waals surface area contributed by atoms with Gasteiger partial charge in [-0.1, -0.05) is 30.3 Å². The Balaban J connectivity index is 1.35. The molecule has 1 aliphatic rings. The second-order valence-electron chi connectivity index (χ2n) is 7.54. The molecule has 1 fully saturated rings. The largest absolute Gasteiger partial charge is 0.342 e.